The van der Waals surface area contributed by atoms with Gasteiger partial charge in [-0.1, -0.05) is 30.3 Å². The predicted octanol–water partition coefficient (Wildman–Crippen LogP) is 2.81. The fourth-order valence-corrected chi connectivity index (χ4v) is 4.68. The summed E-state index contributed by atoms with van der Waals surface area (Å²) in [5, 5.41) is 10.8. The van der Waals surface area contributed by atoms with Crippen LogP contribution in [0.25, 0.3) is 11.4 Å². The zero-order chi connectivity index (χ0) is 19.1. The number of benzene rings is 1. The topological polar surface area (TPSA) is 73.9 Å². The Hall–Kier alpha value is -2.99. The lowest BCUT2D eigenvalue weighted by atomic mass is 9.87. The van der Waals surface area contributed by atoms with E-state index in [-0.39, 0.29) is 11.9 Å². The van der Waals surface area contributed by atoms with E-state index in [1.54, 1.807) is 6.20 Å². The third kappa shape index (κ3) is 2.81. The lowest BCUT2D eigenvalue weighted by molar-refractivity contribution is 0.0707. The molecule has 3 aromatic rings. The van der Waals surface area contributed by atoms with Crippen molar-refractivity contribution in [2.75, 3.05) is 19.6 Å². The summed E-state index contributed by atoms with van der Waals surface area (Å²) in [6.07, 6.45) is 1.73. The molecular formula is C22H23N5O. The first-order valence-electron chi connectivity index (χ1n) is 9.76. The van der Waals surface area contributed by atoms with Crippen molar-refractivity contribution < 1.29 is 4.79 Å². The number of aromatic nitrogens is 3. The first kappa shape index (κ1) is 17.1. The molecule has 2 aliphatic heterocycles. The number of carbonyl (C=O) groups excluding carboxylic acids is 1. The maximum atomic E-state index is 13.4. The van der Waals surface area contributed by atoms with Gasteiger partial charge in [-0.15, -0.1) is 0 Å². The van der Waals surface area contributed by atoms with Crippen LogP contribution in [0.3, 0.4) is 0 Å². The van der Waals surface area contributed by atoms with Crippen LogP contribution in [0.5, 0.6) is 0 Å². The van der Waals surface area contributed by atoms with Gasteiger partial charge in [-0.2, -0.15) is 5.10 Å². The Bertz CT molecular complexity index is 999. The van der Waals surface area contributed by atoms with Gasteiger partial charge in [0.15, 0.2) is 0 Å². The summed E-state index contributed by atoms with van der Waals surface area (Å²) < 4.78 is 0. The fraction of sp³-hybridized carbons (Fsp3) is 0.318. The molecule has 0 aliphatic carbocycles. The maximum absolute atomic E-state index is 13.4. The van der Waals surface area contributed by atoms with E-state index in [4.69, 9.17) is 0 Å². The Morgan fingerprint density at radius 3 is 2.79 bits per heavy atom. The number of rotatable bonds is 3. The molecule has 2 aromatic heterocycles. The lowest BCUT2D eigenvalue weighted by Gasteiger charge is -2.29. The summed E-state index contributed by atoms with van der Waals surface area (Å²) in [5.74, 6) is 0.951. The molecule has 4 heterocycles. The van der Waals surface area contributed by atoms with E-state index in [0.717, 1.165) is 25.3 Å². The van der Waals surface area contributed by atoms with E-state index < -0.39 is 0 Å². The Labute approximate surface area is 164 Å². The number of likely N-dealkylation sites (tertiary alicyclic amines) is 1. The van der Waals surface area contributed by atoms with Crippen molar-refractivity contribution >= 4 is 5.91 Å². The molecule has 142 valence electrons. The Morgan fingerprint density at radius 2 is 1.96 bits per heavy atom. The van der Waals surface area contributed by atoms with Crippen molar-refractivity contribution in [3.05, 3.63) is 71.5 Å². The minimum Gasteiger partial charge on any atom is -0.330 e. The summed E-state index contributed by atoms with van der Waals surface area (Å²) in [6, 6.07) is 16.0. The molecule has 6 nitrogen and oxygen atoms in total. The maximum Gasteiger partial charge on any atom is 0.272 e. The van der Waals surface area contributed by atoms with Gasteiger partial charge in [-0.3, -0.25) is 14.9 Å². The average molecular weight is 373 g/mol. The zero-order valence-electron chi connectivity index (χ0n) is 15.8. The van der Waals surface area contributed by atoms with Crippen molar-refractivity contribution in [2.45, 2.75) is 13.0 Å². The van der Waals surface area contributed by atoms with Gasteiger partial charge in [0, 0.05) is 31.7 Å². The number of amides is 1. The summed E-state index contributed by atoms with van der Waals surface area (Å²) in [6.45, 7) is 4.82. The van der Waals surface area contributed by atoms with E-state index in [1.807, 2.05) is 29.2 Å². The molecule has 5 rings (SSSR count). The first-order valence-corrected chi connectivity index (χ1v) is 9.76. The van der Waals surface area contributed by atoms with Crippen molar-refractivity contribution in [1.29, 1.82) is 0 Å². The lowest BCUT2D eigenvalue weighted by Crippen LogP contribution is -2.35. The molecule has 28 heavy (non-hydrogen) atoms. The Kier molecular flexibility index (Phi) is 4.20. The van der Waals surface area contributed by atoms with Crippen molar-refractivity contribution in [3.8, 4) is 11.4 Å². The van der Waals surface area contributed by atoms with Crippen molar-refractivity contribution in [1.82, 2.24) is 25.4 Å². The summed E-state index contributed by atoms with van der Waals surface area (Å²) in [5.41, 5.74) is 4.45. The van der Waals surface area contributed by atoms with Gasteiger partial charge in [0.1, 0.15) is 11.4 Å². The number of aryl methyl sites for hydroxylation is 1. The molecule has 1 aromatic carbocycles. The number of hydrogen-bond acceptors (Lipinski definition) is 4. The predicted molar refractivity (Wildman–Crippen MR) is 107 cm³/mol. The minimum atomic E-state index is 0.0114. The zero-order valence-corrected chi connectivity index (χ0v) is 15.8. The molecule has 0 spiro atoms. The second-order valence-electron chi connectivity index (χ2n) is 7.72. The normalized spacial score (nSPS) is 23.8. The molecule has 0 radical (unpaired) electrons. The van der Waals surface area contributed by atoms with Gasteiger partial charge in [0.05, 0.1) is 11.7 Å². The standard InChI is InChI=1S/C22H23N5O/c1-14-6-2-3-7-16(14)21-17-12-23-11-15(17)13-27(21)22(28)20-10-19(25-26-20)18-8-4-5-9-24-18/h2-10,15,17,21,23H,11-13H2,1H3,(H,25,26)/t15-,17-,21+/m0/s1. The molecule has 2 fully saturated rings. The molecule has 6 heteroatoms. The number of nitrogens with one attached hydrogen (secondary N) is 2. The summed E-state index contributed by atoms with van der Waals surface area (Å²) in [4.78, 5) is 19.8. The van der Waals surface area contributed by atoms with E-state index >= 15 is 0 Å². The fourth-order valence-electron chi connectivity index (χ4n) is 4.68. The van der Waals surface area contributed by atoms with Gasteiger partial charge in [0.2, 0.25) is 0 Å². The largest absolute Gasteiger partial charge is 0.330 e. The monoisotopic (exact) mass is 373 g/mol. The van der Waals surface area contributed by atoms with Crippen LogP contribution < -0.4 is 5.32 Å². The van der Waals surface area contributed by atoms with E-state index in [1.165, 1.54) is 11.1 Å². The van der Waals surface area contributed by atoms with E-state index in [2.05, 4.69) is 51.7 Å². The highest BCUT2D eigenvalue weighted by atomic mass is 16.2. The molecule has 2 saturated heterocycles. The van der Waals surface area contributed by atoms with E-state index in [9.17, 15) is 4.79 Å². The van der Waals surface area contributed by atoms with Crippen LogP contribution in [0.1, 0.15) is 27.7 Å². The second kappa shape index (κ2) is 6.87. The van der Waals surface area contributed by atoms with Crippen molar-refractivity contribution in [2.24, 2.45) is 11.8 Å². The molecule has 2 N–H and O–H groups in total. The van der Waals surface area contributed by atoms with Crippen LogP contribution >= 0.6 is 0 Å². The quantitative estimate of drug-likeness (QED) is 0.740. The average Bonchev–Trinajstić information content (AvgIpc) is 3.45. The number of fused-ring (bicyclic) bond motifs is 1. The highest BCUT2D eigenvalue weighted by Gasteiger charge is 2.47. The van der Waals surface area contributed by atoms with Gasteiger partial charge in [-0.05, 0) is 42.2 Å². The molecule has 3 atom stereocenters. The van der Waals surface area contributed by atoms with Crippen LogP contribution in [0.4, 0.5) is 0 Å². The smallest absolute Gasteiger partial charge is 0.272 e. The van der Waals surface area contributed by atoms with Crippen LogP contribution in [0, 0.1) is 18.8 Å². The number of pyridine rings is 1. The Morgan fingerprint density at radius 1 is 1.11 bits per heavy atom. The number of hydrogen-bond donors (Lipinski definition) is 2. The van der Waals surface area contributed by atoms with Gasteiger partial charge >= 0.3 is 0 Å². The number of nitrogens with zero attached hydrogens (tertiary/aromatic N) is 3. The molecule has 2 aliphatic rings. The highest BCUT2D eigenvalue weighted by molar-refractivity contribution is 5.94. The summed E-state index contributed by atoms with van der Waals surface area (Å²) in [7, 11) is 0. The van der Waals surface area contributed by atoms with Crippen LogP contribution in [-0.2, 0) is 0 Å². The minimum absolute atomic E-state index is 0.0114. The molecule has 0 saturated carbocycles. The van der Waals surface area contributed by atoms with Gasteiger partial charge < -0.3 is 10.2 Å². The van der Waals surface area contributed by atoms with Crippen LogP contribution in [0.2, 0.25) is 0 Å². The Balaban J connectivity index is 1.48. The van der Waals surface area contributed by atoms with Crippen molar-refractivity contribution in [3.63, 3.8) is 0 Å². The second-order valence-corrected chi connectivity index (χ2v) is 7.72. The third-order valence-electron chi connectivity index (χ3n) is 6.07. The number of carbonyl (C=O) groups is 1. The third-order valence-corrected chi connectivity index (χ3v) is 6.07. The molecule has 0 unspecified atom stereocenters. The van der Waals surface area contributed by atoms with Gasteiger partial charge in [-0.25, -0.2) is 0 Å². The van der Waals surface area contributed by atoms with Crippen LogP contribution in [-0.4, -0.2) is 45.6 Å². The number of aromatic amines is 1. The highest BCUT2D eigenvalue weighted by Crippen LogP contribution is 2.44. The van der Waals surface area contributed by atoms with Crippen LogP contribution in [0.15, 0.2) is 54.7 Å². The van der Waals surface area contributed by atoms with E-state index in [0.29, 0.717) is 23.2 Å². The number of H-pyrrole nitrogens is 1. The SMILES string of the molecule is Cc1ccccc1[C@@H]1[C@H]2CNC[C@H]2CN1C(=O)c1cc(-c2ccccn2)n[nH]1. The van der Waals surface area contributed by atoms with Gasteiger partial charge in [0.25, 0.3) is 5.91 Å². The molecular weight excluding hydrogens is 350 g/mol. The summed E-state index contributed by atoms with van der Waals surface area (Å²) >= 11 is 0. The first-order chi connectivity index (χ1) is 13.7. The molecule has 0 bridgehead atoms. The molecule has 1 amide bonds.